The topological polar surface area (TPSA) is 20.3 Å². The third-order valence-corrected chi connectivity index (χ3v) is 3.67. The molecule has 1 aliphatic heterocycles. The van der Waals surface area contributed by atoms with Crippen LogP contribution in [0.4, 0.5) is 0 Å². The summed E-state index contributed by atoms with van der Waals surface area (Å²) in [6.45, 7) is 10.1. The van der Waals surface area contributed by atoms with E-state index in [2.05, 4.69) is 25.3 Å². The maximum absolute atomic E-state index is 12.2. The first kappa shape index (κ1) is 12.4. The number of allylic oxidation sites excluding steroid dienone is 1. The van der Waals surface area contributed by atoms with Crippen molar-refractivity contribution in [2.24, 2.45) is 0 Å². The van der Waals surface area contributed by atoms with Crippen LogP contribution in [0.5, 0.6) is 0 Å². The van der Waals surface area contributed by atoms with Gasteiger partial charge in [-0.3, -0.25) is 9.69 Å². The average molecular weight is 209 g/mol. The van der Waals surface area contributed by atoms with E-state index in [9.17, 15) is 4.79 Å². The number of carbonyl (C=O) groups excluding carboxylic acids is 1. The fraction of sp³-hybridized carbons (Fsp3) is 0.769. The van der Waals surface area contributed by atoms with Gasteiger partial charge >= 0.3 is 0 Å². The van der Waals surface area contributed by atoms with E-state index in [0.717, 1.165) is 25.9 Å². The van der Waals surface area contributed by atoms with E-state index in [4.69, 9.17) is 0 Å². The van der Waals surface area contributed by atoms with E-state index in [-0.39, 0.29) is 5.54 Å². The molecular weight excluding hydrogens is 186 g/mol. The van der Waals surface area contributed by atoms with Crippen LogP contribution in [0, 0.1) is 0 Å². The molecule has 0 aromatic carbocycles. The summed E-state index contributed by atoms with van der Waals surface area (Å²) in [6.07, 6.45) is 6.68. The van der Waals surface area contributed by atoms with Crippen molar-refractivity contribution in [1.29, 1.82) is 0 Å². The summed E-state index contributed by atoms with van der Waals surface area (Å²) in [6, 6.07) is 0. The smallest absolute Gasteiger partial charge is 0.153 e. The van der Waals surface area contributed by atoms with Gasteiger partial charge in [-0.1, -0.05) is 13.0 Å². The minimum Gasteiger partial charge on any atom is -0.298 e. The van der Waals surface area contributed by atoms with Gasteiger partial charge in [0.25, 0.3) is 0 Å². The van der Waals surface area contributed by atoms with Crippen LogP contribution in [-0.2, 0) is 4.79 Å². The number of rotatable bonds is 6. The van der Waals surface area contributed by atoms with Crippen LogP contribution in [0.3, 0.4) is 0 Å². The summed E-state index contributed by atoms with van der Waals surface area (Å²) in [5, 5.41) is 0. The zero-order valence-electron chi connectivity index (χ0n) is 10.1. The summed E-state index contributed by atoms with van der Waals surface area (Å²) >= 11 is 0. The Morgan fingerprint density at radius 3 is 2.53 bits per heavy atom. The molecule has 2 heteroatoms. The van der Waals surface area contributed by atoms with Crippen molar-refractivity contribution in [3.8, 4) is 0 Å². The number of Topliss-reactive ketones (excluding diaryl/α,β-unsaturated/α-hetero) is 1. The lowest BCUT2D eigenvalue weighted by Crippen LogP contribution is -2.50. The Morgan fingerprint density at radius 2 is 2.07 bits per heavy atom. The van der Waals surface area contributed by atoms with E-state index in [1.54, 1.807) is 0 Å². The maximum atomic E-state index is 12.2. The van der Waals surface area contributed by atoms with Crippen LogP contribution in [-0.4, -0.2) is 29.3 Å². The third kappa shape index (κ3) is 2.69. The second-order valence-electron chi connectivity index (χ2n) is 4.57. The summed E-state index contributed by atoms with van der Waals surface area (Å²) in [4.78, 5) is 14.5. The fourth-order valence-electron chi connectivity index (χ4n) is 2.31. The van der Waals surface area contributed by atoms with Gasteiger partial charge in [0.05, 0.1) is 5.54 Å². The highest BCUT2D eigenvalue weighted by atomic mass is 16.1. The van der Waals surface area contributed by atoms with Gasteiger partial charge in [0.1, 0.15) is 0 Å². The zero-order chi connectivity index (χ0) is 11.3. The summed E-state index contributed by atoms with van der Waals surface area (Å²) in [5.41, 5.74) is -0.223. The van der Waals surface area contributed by atoms with E-state index in [1.807, 2.05) is 6.08 Å². The molecule has 1 saturated heterocycles. The lowest BCUT2D eigenvalue weighted by Gasteiger charge is -2.36. The Hall–Kier alpha value is -0.630. The molecule has 0 aromatic heterocycles. The first-order chi connectivity index (χ1) is 7.15. The molecule has 1 aliphatic rings. The molecule has 86 valence electrons. The monoisotopic (exact) mass is 209 g/mol. The van der Waals surface area contributed by atoms with Crippen LogP contribution >= 0.6 is 0 Å². The molecule has 0 amide bonds. The number of hydrogen-bond acceptors (Lipinski definition) is 2. The van der Waals surface area contributed by atoms with Crippen molar-refractivity contribution in [1.82, 2.24) is 4.90 Å². The summed E-state index contributed by atoms with van der Waals surface area (Å²) in [7, 11) is 0. The summed E-state index contributed by atoms with van der Waals surface area (Å²) < 4.78 is 0. The highest BCUT2D eigenvalue weighted by Crippen LogP contribution is 2.26. The Labute approximate surface area is 93.3 Å². The minimum atomic E-state index is -0.223. The van der Waals surface area contributed by atoms with Crippen LogP contribution in [0.2, 0.25) is 0 Å². The highest BCUT2D eigenvalue weighted by molar-refractivity contribution is 5.88. The second-order valence-corrected chi connectivity index (χ2v) is 4.57. The van der Waals surface area contributed by atoms with E-state index >= 15 is 0 Å². The van der Waals surface area contributed by atoms with Gasteiger partial charge in [0.2, 0.25) is 0 Å². The van der Waals surface area contributed by atoms with Gasteiger partial charge in [0.15, 0.2) is 5.78 Å². The first-order valence-electron chi connectivity index (χ1n) is 6.04. The van der Waals surface area contributed by atoms with Gasteiger partial charge in [-0.25, -0.2) is 0 Å². The zero-order valence-corrected chi connectivity index (χ0v) is 10.1. The average Bonchev–Trinajstić information content (AvgIpc) is 2.78. The fourth-order valence-corrected chi connectivity index (χ4v) is 2.31. The molecule has 0 aromatic rings. The molecule has 1 atom stereocenters. The lowest BCUT2D eigenvalue weighted by molar-refractivity contribution is -0.130. The van der Waals surface area contributed by atoms with Crippen molar-refractivity contribution < 1.29 is 4.79 Å². The number of carbonyl (C=O) groups is 1. The molecule has 0 spiro atoms. The number of ketones is 1. The maximum Gasteiger partial charge on any atom is 0.153 e. The van der Waals surface area contributed by atoms with E-state index < -0.39 is 0 Å². The van der Waals surface area contributed by atoms with Crippen molar-refractivity contribution in [3.05, 3.63) is 12.7 Å². The lowest BCUT2D eigenvalue weighted by atomic mass is 9.88. The SMILES string of the molecule is C=CCCC(=O)C(C)(CC)N1CCCC1. The van der Waals surface area contributed by atoms with Crippen LogP contribution in [0.15, 0.2) is 12.7 Å². The molecule has 0 aliphatic carbocycles. The molecule has 0 radical (unpaired) electrons. The molecule has 1 unspecified atom stereocenters. The van der Waals surface area contributed by atoms with Crippen LogP contribution in [0.1, 0.15) is 46.0 Å². The molecule has 1 rings (SSSR count). The molecule has 0 N–H and O–H groups in total. The van der Waals surface area contributed by atoms with Gasteiger partial charge in [-0.15, -0.1) is 6.58 Å². The highest BCUT2D eigenvalue weighted by Gasteiger charge is 2.37. The van der Waals surface area contributed by atoms with Gasteiger partial charge in [-0.2, -0.15) is 0 Å². The molecule has 1 fully saturated rings. The molecule has 15 heavy (non-hydrogen) atoms. The second kappa shape index (κ2) is 5.45. The first-order valence-corrected chi connectivity index (χ1v) is 6.04. The van der Waals surface area contributed by atoms with Crippen molar-refractivity contribution in [3.63, 3.8) is 0 Å². The molecule has 2 nitrogen and oxygen atoms in total. The third-order valence-electron chi connectivity index (χ3n) is 3.67. The van der Waals surface area contributed by atoms with Gasteiger partial charge < -0.3 is 0 Å². The normalized spacial score (nSPS) is 21.2. The molecule has 0 saturated carbocycles. The van der Waals surface area contributed by atoms with Gasteiger partial charge in [-0.05, 0) is 45.7 Å². The van der Waals surface area contributed by atoms with Crippen LogP contribution in [0.25, 0.3) is 0 Å². The largest absolute Gasteiger partial charge is 0.298 e. The molecule has 0 bridgehead atoms. The Balaban J connectivity index is 2.64. The Bertz CT molecular complexity index is 231. The molecule has 1 heterocycles. The van der Waals surface area contributed by atoms with Crippen molar-refractivity contribution in [2.45, 2.75) is 51.5 Å². The minimum absolute atomic E-state index is 0.223. The van der Waals surface area contributed by atoms with Crippen molar-refractivity contribution in [2.75, 3.05) is 13.1 Å². The Kier molecular flexibility index (Phi) is 4.52. The predicted molar refractivity (Wildman–Crippen MR) is 63.9 cm³/mol. The number of nitrogens with zero attached hydrogens (tertiary/aromatic N) is 1. The van der Waals surface area contributed by atoms with Crippen LogP contribution < -0.4 is 0 Å². The van der Waals surface area contributed by atoms with Crippen molar-refractivity contribution >= 4 is 5.78 Å². The van der Waals surface area contributed by atoms with E-state index in [0.29, 0.717) is 12.2 Å². The Morgan fingerprint density at radius 1 is 1.47 bits per heavy atom. The van der Waals surface area contributed by atoms with Gasteiger partial charge in [0, 0.05) is 6.42 Å². The number of hydrogen-bond donors (Lipinski definition) is 0. The molecular formula is C13H23NO. The number of likely N-dealkylation sites (tertiary alicyclic amines) is 1. The predicted octanol–water partition coefficient (Wildman–Crippen LogP) is 2.79. The summed E-state index contributed by atoms with van der Waals surface area (Å²) in [5.74, 6) is 0.381. The van der Waals surface area contributed by atoms with E-state index in [1.165, 1.54) is 12.8 Å². The quantitative estimate of drug-likeness (QED) is 0.627. The standard InChI is InChI=1S/C13H23NO/c1-4-6-9-12(15)13(3,5-2)14-10-7-8-11-14/h4H,1,5-11H2,2-3H3.